The molecule has 4 aromatic carbocycles. The minimum absolute atomic E-state index is 0.451. The Morgan fingerprint density at radius 1 is 0.710 bits per heavy atom. The highest BCUT2D eigenvalue weighted by atomic mass is 31.2. The molecule has 1 aliphatic heterocycles. The number of ether oxygens (including phenoxy) is 1. The van der Waals surface area contributed by atoms with Gasteiger partial charge < -0.3 is 9.30 Å². The van der Waals surface area contributed by atoms with Crippen LogP contribution < -0.4 is 20.7 Å². The lowest BCUT2D eigenvalue weighted by atomic mass is 10.1. The van der Waals surface area contributed by atoms with Crippen molar-refractivity contribution in [1.82, 2.24) is 0 Å². The summed E-state index contributed by atoms with van der Waals surface area (Å²) in [6, 6.07) is 33.6. The van der Waals surface area contributed by atoms with Gasteiger partial charge in [-0.3, -0.25) is 0 Å². The van der Waals surface area contributed by atoms with Crippen molar-refractivity contribution in [2.45, 2.75) is 6.92 Å². The van der Waals surface area contributed by atoms with Crippen molar-refractivity contribution in [3.05, 3.63) is 114 Å². The fourth-order valence-corrected chi connectivity index (χ4v) is 6.69. The smallest absolute Gasteiger partial charge is 0.292 e. The van der Waals surface area contributed by atoms with Crippen molar-refractivity contribution in [3.8, 4) is 5.75 Å². The Hall–Kier alpha value is -3.42. The Kier molecular flexibility index (Phi) is 5.05. The van der Waals surface area contributed by atoms with E-state index in [1.54, 1.807) is 0 Å². The van der Waals surface area contributed by atoms with E-state index in [4.69, 9.17) is 4.74 Å². The number of rotatable bonds is 4. The lowest BCUT2D eigenvalue weighted by molar-refractivity contribution is -0.476. The summed E-state index contributed by atoms with van der Waals surface area (Å²) in [6.45, 7) is 2.51. The zero-order chi connectivity index (χ0) is 21.3. The van der Waals surface area contributed by atoms with Gasteiger partial charge in [0.05, 0.1) is 5.56 Å². The van der Waals surface area contributed by atoms with Crippen molar-refractivity contribution in [1.29, 1.82) is 0 Å². The number of aryl methyl sites for hydroxylation is 1. The number of para-hydroxylation sites is 1. The van der Waals surface area contributed by atoms with Crippen LogP contribution in [-0.2, 0) is 4.57 Å². The highest BCUT2D eigenvalue weighted by Crippen LogP contribution is 2.42. The highest BCUT2D eigenvalue weighted by Gasteiger charge is 2.30. The molecule has 4 heteroatoms. The molecule has 5 rings (SSSR count). The van der Waals surface area contributed by atoms with Crippen LogP contribution in [-0.4, -0.2) is 17.5 Å². The average molecular weight is 424 g/mol. The molecule has 0 radical (unpaired) electrons. The van der Waals surface area contributed by atoms with Crippen molar-refractivity contribution < 1.29 is 13.9 Å². The van der Waals surface area contributed by atoms with E-state index in [9.17, 15) is 4.57 Å². The maximum atomic E-state index is 14.5. The predicted octanol–water partition coefficient (Wildman–Crippen LogP) is 4.75. The zero-order valence-electron chi connectivity index (χ0n) is 17.3. The van der Waals surface area contributed by atoms with E-state index in [0.29, 0.717) is 6.73 Å². The molecular formula is C27H23NO2P+. The van der Waals surface area contributed by atoms with Crippen LogP contribution in [0.1, 0.15) is 11.1 Å². The minimum atomic E-state index is -2.96. The van der Waals surface area contributed by atoms with E-state index in [1.165, 1.54) is 0 Å². The van der Waals surface area contributed by atoms with Crippen molar-refractivity contribution >= 4 is 35.0 Å². The third-order valence-corrected chi connectivity index (χ3v) is 8.75. The molecule has 152 valence electrons. The summed E-state index contributed by atoms with van der Waals surface area (Å²) in [5, 5.41) is 2.50. The Labute approximate surface area is 182 Å². The molecule has 0 spiro atoms. The maximum Gasteiger partial charge on any atom is 0.292 e. The predicted molar refractivity (Wildman–Crippen MR) is 128 cm³/mol. The zero-order valence-corrected chi connectivity index (χ0v) is 18.2. The second-order valence-electron chi connectivity index (χ2n) is 7.66. The van der Waals surface area contributed by atoms with E-state index >= 15 is 0 Å². The summed E-state index contributed by atoms with van der Waals surface area (Å²) < 4.78 is 22.5. The molecule has 0 saturated carbocycles. The second-order valence-corrected chi connectivity index (χ2v) is 10.4. The van der Waals surface area contributed by atoms with Crippen LogP contribution in [0, 0.1) is 6.92 Å². The summed E-state index contributed by atoms with van der Waals surface area (Å²) >= 11 is 0. The molecule has 0 amide bonds. The van der Waals surface area contributed by atoms with E-state index in [1.807, 2.05) is 91.0 Å². The molecule has 0 saturated heterocycles. The number of hydrogen-bond acceptors (Lipinski definition) is 2. The molecule has 1 heterocycles. The van der Waals surface area contributed by atoms with Gasteiger partial charge in [-0.25, -0.2) is 0 Å². The van der Waals surface area contributed by atoms with E-state index < -0.39 is 7.14 Å². The molecular weight excluding hydrogens is 401 g/mol. The number of hydrogen-bond donors (Lipinski definition) is 0. The maximum absolute atomic E-state index is 14.5. The van der Waals surface area contributed by atoms with Gasteiger partial charge in [-0.05, 0) is 30.7 Å². The lowest BCUT2D eigenvalue weighted by Gasteiger charge is -2.20. The van der Waals surface area contributed by atoms with Crippen LogP contribution >= 0.6 is 7.14 Å². The summed E-state index contributed by atoms with van der Waals surface area (Å²) in [7, 11) is -2.96. The number of benzene rings is 4. The van der Waals surface area contributed by atoms with E-state index in [-0.39, 0.29) is 0 Å². The molecule has 0 bridgehead atoms. The van der Waals surface area contributed by atoms with Gasteiger partial charge in [0, 0.05) is 28.0 Å². The monoisotopic (exact) mass is 424 g/mol. The van der Waals surface area contributed by atoms with Crippen LogP contribution in [0.4, 0.5) is 5.69 Å². The quantitative estimate of drug-likeness (QED) is 0.350. The number of nitrogens with zero attached hydrogens (tertiary/aromatic N) is 1. The average Bonchev–Trinajstić information content (AvgIpc) is 2.85. The summed E-state index contributed by atoms with van der Waals surface area (Å²) in [6.07, 6.45) is 2.11. The molecule has 1 aliphatic rings. The van der Waals surface area contributed by atoms with Gasteiger partial charge in [-0.1, -0.05) is 72.8 Å². The third-order valence-electron chi connectivity index (χ3n) is 5.67. The van der Waals surface area contributed by atoms with Crippen LogP contribution in [0.5, 0.6) is 5.75 Å². The Morgan fingerprint density at radius 2 is 1.29 bits per heavy atom. The van der Waals surface area contributed by atoms with Gasteiger partial charge in [-0.2, -0.15) is 4.58 Å². The first-order valence-corrected chi connectivity index (χ1v) is 12.0. The first-order chi connectivity index (χ1) is 15.2. The van der Waals surface area contributed by atoms with Gasteiger partial charge in [0.1, 0.15) is 5.75 Å². The number of fused-ring (bicyclic) bond motifs is 1. The molecule has 0 aliphatic carbocycles. The Bertz CT molecular complexity index is 1250. The molecule has 0 unspecified atom stereocenters. The third kappa shape index (κ3) is 3.52. The summed E-state index contributed by atoms with van der Waals surface area (Å²) in [5.41, 5.74) is 3.20. The van der Waals surface area contributed by atoms with Gasteiger partial charge in [0.15, 0.2) is 13.4 Å². The van der Waals surface area contributed by atoms with Crippen LogP contribution in [0.25, 0.3) is 0 Å². The standard InChI is InChI=1S/C27H23NO2P/c1-21-9-8-10-22-19-28(20-30-27(21)22)23-15-17-26(18-16-23)31(29,24-11-4-2-5-12-24)25-13-6-3-7-14-25/h2-19H,20H2,1H3/q+1. The van der Waals surface area contributed by atoms with Crippen molar-refractivity contribution in [2.24, 2.45) is 0 Å². The fourth-order valence-electron chi connectivity index (χ4n) is 4.04. The topological polar surface area (TPSA) is 29.3 Å². The summed E-state index contributed by atoms with van der Waals surface area (Å²) in [5.74, 6) is 0.938. The van der Waals surface area contributed by atoms with Gasteiger partial charge >= 0.3 is 0 Å². The largest absolute Gasteiger partial charge is 0.435 e. The first-order valence-electron chi connectivity index (χ1n) is 10.3. The SMILES string of the molecule is Cc1cccc2c1OC[N+](c1ccc(P(=O)(c3ccccc3)c3ccccc3)cc1)=C2. The molecule has 0 fully saturated rings. The minimum Gasteiger partial charge on any atom is -0.435 e. The Balaban J connectivity index is 1.56. The van der Waals surface area contributed by atoms with E-state index in [2.05, 4.69) is 29.8 Å². The highest BCUT2D eigenvalue weighted by molar-refractivity contribution is 7.85. The van der Waals surface area contributed by atoms with Gasteiger partial charge in [0.25, 0.3) is 6.73 Å². The first kappa shape index (κ1) is 19.5. The molecule has 0 atom stereocenters. The second kappa shape index (κ2) is 8.02. The van der Waals surface area contributed by atoms with Gasteiger partial charge in [-0.15, -0.1) is 0 Å². The van der Waals surface area contributed by atoms with Crippen LogP contribution in [0.3, 0.4) is 0 Å². The van der Waals surface area contributed by atoms with Crippen molar-refractivity contribution in [3.63, 3.8) is 0 Å². The van der Waals surface area contributed by atoms with Gasteiger partial charge in [0.2, 0.25) is 5.69 Å². The Morgan fingerprint density at radius 3 is 1.90 bits per heavy atom. The molecule has 0 aromatic heterocycles. The fraction of sp³-hybridized carbons (Fsp3) is 0.0741. The summed E-state index contributed by atoms with van der Waals surface area (Å²) in [4.78, 5) is 0. The lowest BCUT2D eigenvalue weighted by Crippen LogP contribution is -2.25. The van der Waals surface area contributed by atoms with Crippen LogP contribution in [0.2, 0.25) is 0 Å². The molecule has 31 heavy (non-hydrogen) atoms. The van der Waals surface area contributed by atoms with Crippen molar-refractivity contribution in [2.75, 3.05) is 6.73 Å². The molecule has 4 aromatic rings. The van der Waals surface area contributed by atoms with E-state index in [0.717, 1.165) is 38.5 Å². The molecule has 3 nitrogen and oxygen atoms in total. The van der Waals surface area contributed by atoms with Crippen LogP contribution in [0.15, 0.2) is 103 Å². The molecule has 0 N–H and O–H groups in total. The normalized spacial score (nSPS) is 13.1.